The summed E-state index contributed by atoms with van der Waals surface area (Å²) in [6.07, 6.45) is 5.09. The molecule has 1 aromatic rings. The smallest absolute Gasteiger partial charge is 0.252 e. The van der Waals surface area contributed by atoms with Gasteiger partial charge in [-0.05, 0) is 25.3 Å². The second-order valence-electron chi connectivity index (χ2n) is 5.46. The maximum Gasteiger partial charge on any atom is 0.252 e. The molecule has 2 rings (SSSR count). The van der Waals surface area contributed by atoms with E-state index in [-0.39, 0.29) is 11.8 Å². The van der Waals surface area contributed by atoms with Gasteiger partial charge in [-0.2, -0.15) is 0 Å². The Balaban J connectivity index is 2.00. The first-order valence-corrected chi connectivity index (χ1v) is 9.07. The average molecular weight is 326 g/mol. The van der Waals surface area contributed by atoms with Crippen LogP contribution >= 0.6 is 0 Å². The topological polar surface area (TPSA) is 105 Å². The van der Waals surface area contributed by atoms with Crippen molar-refractivity contribution in [2.24, 2.45) is 5.73 Å². The summed E-state index contributed by atoms with van der Waals surface area (Å²) < 4.78 is 26.3. The first-order valence-electron chi connectivity index (χ1n) is 7.41. The number of nitrogens with one attached hydrogen (secondary N) is 1. The van der Waals surface area contributed by atoms with Crippen LogP contribution in [-0.2, 0) is 10.0 Å². The standard InChI is InChI=1S/C14H22N4O3S/c1-2-9-22(20,21)17-11-4-7-18(8-5-11)13-3-6-16-10-12(13)14(15)19/h3,6,10-11,17H,2,4-5,7-9H2,1H3,(H2,15,19). The van der Waals surface area contributed by atoms with Crippen molar-refractivity contribution in [3.63, 3.8) is 0 Å². The first-order chi connectivity index (χ1) is 10.4. The van der Waals surface area contributed by atoms with E-state index in [9.17, 15) is 13.2 Å². The van der Waals surface area contributed by atoms with Gasteiger partial charge in [0.15, 0.2) is 0 Å². The Morgan fingerprint density at radius 3 is 2.73 bits per heavy atom. The predicted molar refractivity (Wildman–Crippen MR) is 85.2 cm³/mol. The van der Waals surface area contributed by atoms with E-state index < -0.39 is 15.9 Å². The number of rotatable bonds is 6. The lowest BCUT2D eigenvalue weighted by Crippen LogP contribution is -2.45. The third-order valence-electron chi connectivity index (χ3n) is 3.72. The highest BCUT2D eigenvalue weighted by Gasteiger charge is 2.25. The molecule has 3 N–H and O–H groups in total. The summed E-state index contributed by atoms with van der Waals surface area (Å²) in [6.45, 7) is 3.18. The molecule has 0 saturated carbocycles. The van der Waals surface area contributed by atoms with Gasteiger partial charge in [0.2, 0.25) is 10.0 Å². The normalized spacial score (nSPS) is 16.7. The molecule has 1 saturated heterocycles. The molecule has 122 valence electrons. The van der Waals surface area contributed by atoms with Crippen molar-refractivity contribution < 1.29 is 13.2 Å². The van der Waals surface area contributed by atoms with Crippen LogP contribution in [0.2, 0.25) is 0 Å². The van der Waals surface area contributed by atoms with Crippen LogP contribution in [-0.4, -0.2) is 44.2 Å². The van der Waals surface area contributed by atoms with Gasteiger partial charge < -0.3 is 10.6 Å². The molecule has 0 radical (unpaired) electrons. The second kappa shape index (κ2) is 7.06. The molecule has 2 heterocycles. The van der Waals surface area contributed by atoms with Crippen LogP contribution in [0.4, 0.5) is 5.69 Å². The number of aromatic nitrogens is 1. The van der Waals surface area contributed by atoms with Gasteiger partial charge in [0.25, 0.3) is 5.91 Å². The maximum atomic E-state index is 11.8. The van der Waals surface area contributed by atoms with Gasteiger partial charge in [-0.3, -0.25) is 9.78 Å². The molecule has 0 aromatic carbocycles. The lowest BCUT2D eigenvalue weighted by Gasteiger charge is -2.34. The lowest BCUT2D eigenvalue weighted by molar-refractivity contribution is 0.100. The third kappa shape index (κ3) is 4.17. The van der Waals surface area contributed by atoms with Crippen LogP contribution in [0.25, 0.3) is 0 Å². The Kier molecular flexibility index (Phi) is 5.36. The summed E-state index contributed by atoms with van der Waals surface area (Å²) in [4.78, 5) is 17.4. The number of nitrogens with two attached hydrogens (primary N) is 1. The molecule has 1 fully saturated rings. The number of hydrogen-bond donors (Lipinski definition) is 2. The van der Waals surface area contributed by atoms with E-state index >= 15 is 0 Å². The number of primary amides is 1. The highest BCUT2D eigenvalue weighted by Crippen LogP contribution is 2.23. The van der Waals surface area contributed by atoms with Crippen LogP contribution in [0, 0.1) is 0 Å². The van der Waals surface area contributed by atoms with Gasteiger partial charge in [0.05, 0.1) is 17.0 Å². The Hall–Kier alpha value is -1.67. The minimum absolute atomic E-state index is 0.0494. The molecule has 0 unspecified atom stereocenters. The Bertz CT molecular complexity index is 625. The fourth-order valence-corrected chi connectivity index (χ4v) is 4.07. The van der Waals surface area contributed by atoms with Crippen LogP contribution in [0.1, 0.15) is 36.5 Å². The molecule has 0 bridgehead atoms. The summed E-state index contributed by atoms with van der Waals surface area (Å²) in [7, 11) is -3.19. The minimum Gasteiger partial charge on any atom is -0.371 e. The lowest BCUT2D eigenvalue weighted by atomic mass is 10.0. The number of pyridine rings is 1. The van der Waals surface area contributed by atoms with Gasteiger partial charge in [0, 0.05) is 31.5 Å². The molecular formula is C14H22N4O3S. The number of carbonyl (C=O) groups excluding carboxylic acids is 1. The van der Waals surface area contributed by atoms with Crippen LogP contribution < -0.4 is 15.4 Å². The number of hydrogen-bond acceptors (Lipinski definition) is 5. The summed E-state index contributed by atoms with van der Waals surface area (Å²) in [5, 5.41) is 0. The van der Waals surface area contributed by atoms with Gasteiger partial charge >= 0.3 is 0 Å². The van der Waals surface area contributed by atoms with Crippen molar-refractivity contribution in [3.8, 4) is 0 Å². The zero-order valence-electron chi connectivity index (χ0n) is 12.7. The molecule has 7 nitrogen and oxygen atoms in total. The molecule has 0 atom stereocenters. The molecule has 0 aliphatic carbocycles. The number of amides is 1. The molecular weight excluding hydrogens is 304 g/mol. The maximum absolute atomic E-state index is 11.8. The van der Waals surface area contributed by atoms with E-state index in [0.29, 0.717) is 37.9 Å². The Labute approximate surface area is 131 Å². The van der Waals surface area contributed by atoms with E-state index in [1.165, 1.54) is 6.20 Å². The average Bonchev–Trinajstić information content (AvgIpc) is 2.47. The minimum atomic E-state index is -3.19. The van der Waals surface area contributed by atoms with Gasteiger partial charge in [0.1, 0.15) is 0 Å². The predicted octanol–water partition coefficient (Wildman–Crippen LogP) is 0.479. The first kappa shape index (κ1) is 16.7. The summed E-state index contributed by atoms with van der Waals surface area (Å²) in [6, 6.07) is 1.72. The zero-order chi connectivity index (χ0) is 16.2. The van der Waals surface area contributed by atoms with E-state index in [4.69, 9.17) is 5.73 Å². The molecule has 8 heteroatoms. The number of sulfonamides is 1. The largest absolute Gasteiger partial charge is 0.371 e. The summed E-state index contributed by atoms with van der Waals surface area (Å²) >= 11 is 0. The monoisotopic (exact) mass is 326 g/mol. The number of nitrogens with zero attached hydrogens (tertiary/aromatic N) is 2. The van der Waals surface area contributed by atoms with Crippen LogP contribution in [0.15, 0.2) is 18.5 Å². The van der Waals surface area contributed by atoms with Gasteiger partial charge in [-0.15, -0.1) is 0 Å². The number of anilines is 1. The highest BCUT2D eigenvalue weighted by molar-refractivity contribution is 7.89. The third-order valence-corrected chi connectivity index (χ3v) is 5.36. The fraction of sp³-hybridized carbons (Fsp3) is 0.571. The van der Waals surface area contributed by atoms with E-state index in [1.54, 1.807) is 12.3 Å². The molecule has 1 aliphatic rings. The summed E-state index contributed by atoms with van der Waals surface area (Å²) in [5.74, 6) is -0.350. The van der Waals surface area contributed by atoms with Crippen LogP contribution in [0.5, 0.6) is 0 Å². The Morgan fingerprint density at radius 2 is 2.14 bits per heavy atom. The quantitative estimate of drug-likeness (QED) is 0.791. The van der Waals surface area contributed by atoms with Crippen molar-refractivity contribution >= 4 is 21.6 Å². The Morgan fingerprint density at radius 1 is 1.45 bits per heavy atom. The molecule has 1 aliphatic heterocycles. The highest BCUT2D eigenvalue weighted by atomic mass is 32.2. The second-order valence-corrected chi connectivity index (χ2v) is 7.33. The van der Waals surface area contributed by atoms with Crippen molar-refractivity contribution in [1.82, 2.24) is 9.71 Å². The van der Waals surface area contributed by atoms with Crippen molar-refractivity contribution in [2.45, 2.75) is 32.2 Å². The van der Waals surface area contributed by atoms with E-state index in [1.807, 2.05) is 11.8 Å². The van der Waals surface area contributed by atoms with Crippen LogP contribution in [0.3, 0.4) is 0 Å². The molecule has 1 amide bonds. The zero-order valence-corrected chi connectivity index (χ0v) is 13.5. The summed E-state index contributed by atoms with van der Waals surface area (Å²) in [5.41, 5.74) is 6.53. The van der Waals surface area contributed by atoms with Gasteiger partial charge in [-0.25, -0.2) is 13.1 Å². The van der Waals surface area contributed by atoms with Crippen molar-refractivity contribution in [1.29, 1.82) is 0 Å². The van der Waals surface area contributed by atoms with Crippen molar-refractivity contribution in [2.75, 3.05) is 23.7 Å². The van der Waals surface area contributed by atoms with E-state index in [0.717, 1.165) is 5.69 Å². The fourth-order valence-electron chi connectivity index (χ4n) is 2.67. The van der Waals surface area contributed by atoms with Gasteiger partial charge in [-0.1, -0.05) is 6.92 Å². The molecule has 0 spiro atoms. The molecule has 1 aromatic heterocycles. The number of carbonyl (C=O) groups is 1. The molecule has 22 heavy (non-hydrogen) atoms. The van der Waals surface area contributed by atoms with Crippen molar-refractivity contribution in [3.05, 3.63) is 24.0 Å². The van der Waals surface area contributed by atoms with E-state index in [2.05, 4.69) is 9.71 Å². The number of piperidine rings is 1. The SMILES string of the molecule is CCCS(=O)(=O)NC1CCN(c2ccncc2C(N)=O)CC1.